The highest BCUT2D eigenvalue weighted by Crippen LogP contribution is 2.23. The molecule has 0 amide bonds. The Bertz CT molecular complexity index is 683. The van der Waals surface area contributed by atoms with Gasteiger partial charge in [0.05, 0.1) is 9.79 Å². The zero-order valence-corrected chi connectivity index (χ0v) is 13.4. The third-order valence-electron chi connectivity index (χ3n) is 3.30. The highest BCUT2D eigenvalue weighted by atomic mass is 32.3. The molecule has 20 heavy (non-hydrogen) atoms. The number of benzene rings is 1. The molecule has 0 aliphatic heterocycles. The quantitative estimate of drug-likeness (QED) is 0.777. The molecular weight excluding hydrogens is 305 g/mol. The van der Waals surface area contributed by atoms with Crippen LogP contribution in [0.25, 0.3) is 0 Å². The van der Waals surface area contributed by atoms with Crippen molar-refractivity contribution in [3.05, 3.63) is 24.3 Å². The summed E-state index contributed by atoms with van der Waals surface area (Å²) in [6, 6.07) is 4.01. The van der Waals surface area contributed by atoms with Crippen LogP contribution in [0.1, 0.15) is 20.8 Å². The number of sulfonamides is 1. The number of rotatable bonds is 5. The van der Waals surface area contributed by atoms with Gasteiger partial charge in [0.2, 0.25) is 10.0 Å². The first-order chi connectivity index (χ1) is 8.98. The third kappa shape index (κ3) is 3.56. The first-order valence-electron chi connectivity index (χ1n) is 6.00. The zero-order chi connectivity index (χ0) is 15.7. The van der Waals surface area contributed by atoms with Crippen LogP contribution in [0.3, 0.4) is 0 Å². The Morgan fingerprint density at radius 3 is 2.00 bits per heavy atom. The van der Waals surface area contributed by atoms with Gasteiger partial charge in [-0.3, -0.25) is 0 Å². The lowest BCUT2D eigenvalue weighted by Crippen LogP contribution is -2.38. The van der Waals surface area contributed by atoms with Crippen LogP contribution in [0, 0.1) is 5.92 Å². The van der Waals surface area contributed by atoms with E-state index in [4.69, 9.17) is 0 Å². The van der Waals surface area contributed by atoms with E-state index in [1.54, 1.807) is 6.92 Å². The van der Waals surface area contributed by atoms with Crippen LogP contribution in [0.2, 0.25) is 0 Å². The highest BCUT2D eigenvalue weighted by molar-refractivity contribution is 7.89. The molecule has 0 heterocycles. The van der Waals surface area contributed by atoms with E-state index in [1.165, 1.54) is 19.2 Å². The second kappa shape index (κ2) is 5.79. The topological polar surface area (TPSA) is 71.5 Å². The summed E-state index contributed by atoms with van der Waals surface area (Å²) >= 11 is 0. The summed E-state index contributed by atoms with van der Waals surface area (Å²) in [7, 11) is -7.38. The lowest BCUT2D eigenvalue weighted by Gasteiger charge is -2.27. The minimum Gasteiger partial charge on any atom is -0.207 e. The van der Waals surface area contributed by atoms with E-state index in [0.717, 1.165) is 16.4 Å². The van der Waals surface area contributed by atoms with Gasteiger partial charge in [-0.2, -0.15) is 12.7 Å². The summed E-state index contributed by atoms with van der Waals surface area (Å²) in [5.41, 5.74) is 0. The average Bonchev–Trinajstić information content (AvgIpc) is 2.35. The van der Waals surface area contributed by atoms with Gasteiger partial charge >= 0.3 is 10.2 Å². The third-order valence-corrected chi connectivity index (χ3v) is 6.06. The SMILES string of the molecule is CC(C)C(C)N(C)S(=O)(=O)c1cccc(S(=O)(=O)F)c1. The van der Waals surface area contributed by atoms with Gasteiger partial charge in [0.15, 0.2) is 0 Å². The van der Waals surface area contributed by atoms with E-state index >= 15 is 0 Å². The normalized spacial score (nSPS) is 14.8. The van der Waals surface area contributed by atoms with Crippen molar-refractivity contribution < 1.29 is 20.7 Å². The molecule has 0 aliphatic rings. The van der Waals surface area contributed by atoms with Crippen LogP contribution >= 0.6 is 0 Å². The molecule has 0 saturated carbocycles. The molecule has 114 valence electrons. The molecule has 0 bridgehead atoms. The molecule has 1 aromatic rings. The monoisotopic (exact) mass is 323 g/mol. The Balaban J connectivity index is 3.30. The van der Waals surface area contributed by atoms with Gasteiger partial charge in [-0.1, -0.05) is 19.9 Å². The molecule has 1 aromatic carbocycles. The summed E-state index contributed by atoms with van der Waals surface area (Å²) in [6.45, 7) is 5.50. The molecule has 0 aromatic heterocycles. The molecular formula is C12H18FNO4S2. The molecule has 1 unspecified atom stereocenters. The van der Waals surface area contributed by atoms with E-state index in [1.807, 2.05) is 13.8 Å². The number of nitrogens with zero attached hydrogens (tertiary/aromatic N) is 1. The maximum Gasteiger partial charge on any atom is 0.332 e. The maximum absolute atomic E-state index is 12.9. The molecule has 8 heteroatoms. The summed E-state index contributed by atoms with van der Waals surface area (Å²) < 4.78 is 60.5. The summed E-state index contributed by atoms with van der Waals surface area (Å²) in [5, 5.41) is 0. The molecule has 1 rings (SSSR count). The van der Waals surface area contributed by atoms with Crippen LogP contribution in [-0.4, -0.2) is 34.2 Å². The largest absolute Gasteiger partial charge is 0.332 e. The number of hydrogen-bond acceptors (Lipinski definition) is 4. The van der Waals surface area contributed by atoms with Crippen molar-refractivity contribution >= 4 is 20.2 Å². The molecule has 0 spiro atoms. The maximum atomic E-state index is 12.9. The van der Waals surface area contributed by atoms with E-state index in [-0.39, 0.29) is 16.9 Å². The number of hydrogen-bond donors (Lipinski definition) is 0. The van der Waals surface area contributed by atoms with E-state index in [2.05, 4.69) is 0 Å². The first-order valence-corrected chi connectivity index (χ1v) is 8.83. The van der Waals surface area contributed by atoms with Gasteiger partial charge < -0.3 is 0 Å². The molecule has 1 atom stereocenters. The lowest BCUT2D eigenvalue weighted by atomic mass is 10.1. The zero-order valence-electron chi connectivity index (χ0n) is 11.7. The fraction of sp³-hybridized carbons (Fsp3) is 0.500. The first kappa shape index (κ1) is 17.1. The Kier molecular flexibility index (Phi) is 4.94. The average molecular weight is 323 g/mol. The van der Waals surface area contributed by atoms with Crippen molar-refractivity contribution in [2.75, 3.05) is 7.05 Å². The van der Waals surface area contributed by atoms with Gasteiger partial charge in [0.1, 0.15) is 0 Å². The standard InChI is InChI=1S/C12H18FNO4S2/c1-9(2)10(3)14(4)20(17,18)12-7-5-6-11(8-12)19(13,15)16/h5-10H,1-4H3. The van der Waals surface area contributed by atoms with Gasteiger partial charge in [0.25, 0.3) is 0 Å². The van der Waals surface area contributed by atoms with Crippen molar-refractivity contribution in [3.63, 3.8) is 0 Å². The van der Waals surface area contributed by atoms with Crippen LogP contribution < -0.4 is 0 Å². The Labute approximate surface area is 119 Å². The predicted molar refractivity (Wildman–Crippen MR) is 74.0 cm³/mol. The second-order valence-electron chi connectivity index (χ2n) is 4.92. The van der Waals surface area contributed by atoms with Crippen molar-refractivity contribution in [1.29, 1.82) is 0 Å². The van der Waals surface area contributed by atoms with Gasteiger partial charge in [-0.05, 0) is 31.0 Å². The summed E-state index contributed by atoms with van der Waals surface area (Å²) in [4.78, 5) is -0.907. The van der Waals surface area contributed by atoms with E-state index < -0.39 is 25.1 Å². The van der Waals surface area contributed by atoms with E-state index in [0.29, 0.717) is 0 Å². The number of halogens is 1. The van der Waals surface area contributed by atoms with Gasteiger partial charge in [0, 0.05) is 13.1 Å². The van der Waals surface area contributed by atoms with Crippen LogP contribution in [0.15, 0.2) is 34.1 Å². The molecule has 0 aliphatic carbocycles. The molecule has 0 radical (unpaired) electrons. The predicted octanol–water partition coefficient (Wildman–Crippen LogP) is 2.01. The summed E-state index contributed by atoms with van der Waals surface area (Å²) in [5.74, 6) is 0.0860. The second-order valence-corrected chi connectivity index (χ2v) is 8.26. The van der Waals surface area contributed by atoms with E-state index in [9.17, 15) is 20.7 Å². The smallest absolute Gasteiger partial charge is 0.207 e. The highest BCUT2D eigenvalue weighted by Gasteiger charge is 2.28. The lowest BCUT2D eigenvalue weighted by molar-refractivity contribution is 0.315. The van der Waals surface area contributed by atoms with Crippen LogP contribution in [0.5, 0.6) is 0 Å². The fourth-order valence-corrected chi connectivity index (χ4v) is 3.71. The molecule has 5 nitrogen and oxygen atoms in total. The van der Waals surface area contributed by atoms with Crippen molar-refractivity contribution in [3.8, 4) is 0 Å². The minimum absolute atomic E-state index is 0.0860. The van der Waals surface area contributed by atoms with Gasteiger partial charge in [-0.15, -0.1) is 3.89 Å². The fourth-order valence-electron chi connectivity index (χ4n) is 1.59. The minimum atomic E-state index is -4.93. The summed E-state index contributed by atoms with van der Waals surface area (Å²) in [6.07, 6.45) is 0. The molecule has 0 N–H and O–H groups in total. The van der Waals surface area contributed by atoms with Crippen molar-refractivity contribution in [2.45, 2.75) is 36.6 Å². The molecule has 0 fully saturated rings. The Morgan fingerprint density at radius 1 is 1.05 bits per heavy atom. The van der Waals surface area contributed by atoms with Crippen LogP contribution in [0.4, 0.5) is 3.89 Å². The Morgan fingerprint density at radius 2 is 1.55 bits per heavy atom. The van der Waals surface area contributed by atoms with Crippen LogP contribution in [-0.2, 0) is 20.2 Å². The Hall–Kier alpha value is -0.990. The van der Waals surface area contributed by atoms with Gasteiger partial charge in [-0.25, -0.2) is 8.42 Å². The van der Waals surface area contributed by atoms with Crippen molar-refractivity contribution in [2.24, 2.45) is 5.92 Å². The molecule has 0 saturated heterocycles. The van der Waals surface area contributed by atoms with Crippen molar-refractivity contribution in [1.82, 2.24) is 4.31 Å².